The number of ether oxygens (including phenoxy) is 1. The van der Waals surface area contributed by atoms with E-state index >= 15 is 0 Å². The average molecular weight is 492 g/mol. The van der Waals surface area contributed by atoms with Gasteiger partial charge in [-0.05, 0) is 48.9 Å². The van der Waals surface area contributed by atoms with Gasteiger partial charge in [0.1, 0.15) is 23.1 Å². The summed E-state index contributed by atoms with van der Waals surface area (Å²) in [5.74, 6) is -1.04. The Labute approximate surface area is 206 Å². The molecule has 0 fully saturated rings. The SMILES string of the molecule is Cc1ccc(-n2[nH+]cc(N/C(=C\N)CCO)c(Oc3ccc(-c4ccc(F)cc4F)cc3)c2=O)cc1. The lowest BCUT2D eigenvalue weighted by molar-refractivity contribution is -0.482. The lowest BCUT2D eigenvalue weighted by Gasteiger charge is -2.13. The van der Waals surface area contributed by atoms with E-state index in [1.807, 2.05) is 19.1 Å². The van der Waals surface area contributed by atoms with Gasteiger partial charge in [0.2, 0.25) is 11.9 Å². The molecular formula is C27H25F2N4O3+. The molecule has 0 aliphatic heterocycles. The number of nitrogens with zero attached hydrogens (tertiary/aromatic N) is 1. The lowest BCUT2D eigenvalue weighted by Crippen LogP contribution is -2.34. The van der Waals surface area contributed by atoms with Gasteiger partial charge in [0.25, 0.3) is 0 Å². The third-order valence-electron chi connectivity index (χ3n) is 5.47. The van der Waals surface area contributed by atoms with E-state index in [1.54, 1.807) is 42.6 Å². The third-order valence-corrected chi connectivity index (χ3v) is 5.47. The molecule has 7 nitrogen and oxygen atoms in total. The minimum atomic E-state index is -0.681. The van der Waals surface area contributed by atoms with Crippen LogP contribution in [0, 0.1) is 18.6 Å². The largest absolute Gasteiger partial charge is 0.449 e. The zero-order chi connectivity index (χ0) is 25.7. The van der Waals surface area contributed by atoms with E-state index in [4.69, 9.17) is 10.5 Å². The van der Waals surface area contributed by atoms with Gasteiger partial charge in [-0.1, -0.05) is 34.5 Å². The van der Waals surface area contributed by atoms with E-state index in [9.17, 15) is 18.7 Å². The summed E-state index contributed by atoms with van der Waals surface area (Å²) in [6, 6.07) is 17.1. The van der Waals surface area contributed by atoms with Gasteiger partial charge in [-0.15, -0.1) is 5.10 Å². The first kappa shape index (κ1) is 24.6. The zero-order valence-electron chi connectivity index (χ0n) is 19.5. The fraction of sp³-hybridized carbons (Fsp3) is 0.111. The van der Waals surface area contributed by atoms with Crippen LogP contribution in [-0.2, 0) is 0 Å². The van der Waals surface area contributed by atoms with E-state index < -0.39 is 17.2 Å². The molecule has 0 aliphatic carbocycles. The minimum Gasteiger partial charge on any atom is -0.449 e. The van der Waals surface area contributed by atoms with Crippen LogP contribution in [0.25, 0.3) is 16.8 Å². The molecule has 0 amide bonds. The molecule has 0 radical (unpaired) electrons. The van der Waals surface area contributed by atoms with Crippen molar-refractivity contribution in [3.8, 4) is 28.3 Å². The van der Waals surface area contributed by atoms with Crippen molar-refractivity contribution in [2.75, 3.05) is 11.9 Å². The van der Waals surface area contributed by atoms with Crippen LogP contribution in [0.5, 0.6) is 11.5 Å². The van der Waals surface area contributed by atoms with Crippen molar-refractivity contribution < 1.29 is 23.7 Å². The number of rotatable bonds is 8. The molecule has 9 heteroatoms. The number of aliphatic hydroxyl groups is 1. The molecule has 0 unspecified atom stereocenters. The van der Waals surface area contributed by atoms with Crippen LogP contribution in [0.1, 0.15) is 12.0 Å². The molecule has 1 heterocycles. The van der Waals surface area contributed by atoms with Gasteiger partial charge in [0.05, 0.1) is 0 Å². The van der Waals surface area contributed by atoms with Crippen molar-refractivity contribution >= 4 is 5.69 Å². The standard InChI is InChI=1S/C27H24F2N4O3/c1-17-2-7-21(8-3-17)33-27(35)26(25(16-31-33)32-20(15-30)12-13-34)36-22-9-4-18(5-10-22)23-11-6-19(28)14-24(23)29/h2-11,14-16,32,34H,12-13,30H2,1H3/p+1/b20-15-. The van der Waals surface area contributed by atoms with Gasteiger partial charge in [0.15, 0.2) is 5.69 Å². The normalized spacial score (nSPS) is 11.4. The highest BCUT2D eigenvalue weighted by molar-refractivity contribution is 5.65. The Bertz CT molecular complexity index is 1450. The van der Waals surface area contributed by atoms with E-state index in [2.05, 4.69) is 10.4 Å². The van der Waals surface area contributed by atoms with Gasteiger partial charge < -0.3 is 20.9 Å². The number of nitrogens with two attached hydrogens (primary N) is 1. The summed E-state index contributed by atoms with van der Waals surface area (Å²) in [6.07, 6.45) is 3.10. The van der Waals surface area contributed by atoms with Crippen LogP contribution >= 0.6 is 0 Å². The van der Waals surface area contributed by atoms with Crippen LogP contribution in [0.15, 0.2) is 89.6 Å². The summed E-state index contributed by atoms with van der Waals surface area (Å²) >= 11 is 0. The lowest BCUT2D eigenvalue weighted by atomic mass is 10.1. The Morgan fingerprint density at radius 1 is 1.11 bits per heavy atom. The highest BCUT2D eigenvalue weighted by Crippen LogP contribution is 2.30. The van der Waals surface area contributed by atoms with Crippen molar-refractivity contribution in [3.63, 3.8) is 0 Å². The first-order valence-corrected chi connectivity index (χ1v) is 11.2. The molecule has 0 saturated heterocycles. The van der Waals surface area contributed by atoms with E-state index in [1.165, 1.54) is 23.0 Å². The first-order chi connectivity index (χ1) is 17.4. The molecule has 36 heavy (non-hydrogen) atoms. The number of aliphatic hydroxyl groups excluding tert-OH is 1. The molecule has 5 N–H and O–H groups in total. The maximum absolute atomic E-state index is 14.2. The number of hydrogen-bond acceptors (Lipinski definition) is 5. The molecule has 0 saturated carbocycles. The Morgan fingerprint density at radius 2 is 1.83 bits per heavy atom. The number of hydrogen-bond donors (Lipinski definition) is 3. The number of nitrogens with one attached hydrogen (secondary N) is 2. The smallest absolute Gasteiger partial charge is 0.351 e. The van der Waals surface area contributed by atoms with Crippen molar-refractivity contribution in [3.05, 3.63) is 112 Å². The number of halogens is 2. The molecule has 0 spiro atoms. The predicted octanol–water partition coefficient (Wildman–Crippen LogP) is 4.29. The number of aryl methyl sites for hydroxylation is 1. The summed E-state index contributed by atoms with van der Waals surface area (Å²) in [4.78, 5) is 13.5. The number of H-pyrrole nitrogens is 1. The van der Waals surface area contributed by atoms with Crippen LogP contribution in [0.2, 0.25) is 0 Å². The van der Waals surface area contributed by atoms with Gasteiger partial charge in [-0.3, -0.25) is 4.79 Å². The second-order valence-electron chi connectivity index (χ2n) is 8.03. The number of aromatic nitrogens is 2. The number of aromatic amines is 1. The van der Waals surface area contributed by atoms with Gasteiger partial charge in [-0.2, -0.15) is 0 Å². The predicted molar refractivity (Wildman–Crippen MR) is 133 cm³/mol. The van der Waals surface area contributed by atoms with E-state index in [-0.39, 0.29) is 24.3 Å². The molecule has 0 bridgehead atoms. The van der Waals surface area contributed by atoms with Crippen LogP contribution < -0.4 is 26.4 Å². The van der Waals surface area contributed by atoms with Crippen LogP contribution in [0.3, 0.4) is 0 Å². The molecule has 4 rings (SSSR count). The summed E-state index contributed by atoms with van der Waals surface area (Å²) in [5.41, 5.74) is 8.38. The van der Waals surface area contributed by atoms with E-state index in [0.717, 1.165) is 11.6 Å². The highest BCUT2D eigenvalue weighted by Gasteiger charge is 2.20. The summed E-state index contributed by atoms with van der Waals surface area (Å²) in [7, 11) is 0. The topological polar surface area (TPSA) is 104 Å². The second-order valence-corrected chi connectivity index (χ2v) is 8.03. The van der Waals surface area contributed by atoms with E-state index in [0.29, 0.717) is 28.4 Å². The summed E-state index contributed by atoms with van der Waals surface area (Å²) < 4.78 is 34.8. The molecule has 0 atom stereocenters. The Morgan fingerprint density at radius 3 is 2.47 bits per heavy atom. The third kappa shape index (κ3) is 5.42. The molecule has 3 aromatic carbocycles. The molecule has 0 aliphatic rings. The van der Waals surface area contributed by atoms with Gasteiger partial charge in [-0.25, -0.2) is 8.78 Å². The zero-order valence-corrected chi connectivity index (χ0v) is 19.5. The quantitative estimate of drug-likeness (QED) is 0.341. The monoisotopic (exact) mass is 491 g/mol. The van der Waals surface area contributed by atoms with Crippen molar-refractivity contribution in [2.45, 2.75) is 13.3 Å². The fourth-order valence-electron chi connectivity index (χ4n) is 3.57. The fourth-order valence-corrected chi connectivity index (χ4v) is 3.57. The first-order valence-electron chi connectivity index (χ1n) is 11.2. The van der Waals surface area contributed by atoms with Gasteiger partial charge >= 0.3 is 5.56 Å². The molecular weight excluding hydrogens is 466 g/mol. The Balaban J connectivity index is 1.72. The van der Waals surface area contributed by atoms with Crippen LogP contribution in [0.4, 0.5) is 14.5 Å². The molecule has 4 aromatic rings. The maximum atomic E-state index is 14.2. The highest BCUT2D eigenvalue weighted by atomic mass is 19.1. The molecule has 1 aromatic heterocycles. The van der Waals surface area contributed by atoms with Crippen LogP contribution in [-0.4, -0.2) is 16.4 Å². The Hall–Kier alpha value is -4.50. The Kier molecular flexibility index (Phi) is 7.41. The summed E-state index contributed by atoms with van der Waals surface area (Å²) in [5, 5.41) is 15.2. The molecule has 184 valence electrons. The summed E-state index contributed by atoms with van der Waals surface area (Å²) in [6.45, 7) is 1.80. The number of anilines is 1. The van der Waals surface area contributed by atoms with Crippen molar-refractivity contribution in [1.29, 1.82) is 0 Å². The van der Waals surface area contributed by atoms with Crippen molar-refractivity contribution in [1.82, 2.24) is 4.68 Å². The second kappa shape index (κ2) is 10.8. The maximum Gasteiger partial charge on any atom is 0.351 e. The van der Waals surface area contributed by atoms with Gasteiger partial charge in [0, 0.05) is 36.6 Å². The number of benzene rings is 3. The minimum absolute atomic E-state index is 0.0210. The average Bonchev–Trinajstić information content (AvgIpc) is 2.87. The van der Waals surface area contributed by atoms with Crippen molar-refractivity contribution in [2.24, 2.45) is 5.73 Å².